The number of methoxy groups -OCH3 is 1. The fraction of sp³-hybridized carbons (Fsp3) is 0.375. The van der Waals surface area contributed by atoms with Gasteiger partial charge in [0.15, 0.2) is 0 Å². The van der Waals surface area contributed by atoms with E-state index in [0.29, 0.717) is 5.92 Å². The monoisotopic (exact) mass is 387 g/mol. The first-order valence-corrected chi connectivity index (χ1v) is 8.92. The van der Waals surface area contributed by atoms with E-state index in [-0.39, 0.29) is 0 Å². The number of halogens is 2. The summed E-state index contributed by atoms with van der Waals surface area (Å²) in [5, 5.41) is 6.37. The Balaban J connectivity index is 2.04. The van der Waals surface area contributed by atoms with E-state index >= 15 is 0 Å². The van der Waals surface area contributed by atoms with Crippen LogP contribution in [-0.4, -0.2) is 26.8 Å². The van der Waals surface area contributed by atoms with Crippen LogP contribution in [-0.2, 0) is 11.2 Å². The van der Waals surface area contributed by atoms with Crippen molar-refractivity contribution >= 4 is 38.9 Å². The highest BCUT2D eigenvalue weighted by Crippen LogP contribution is 2.27. The van der Waals surface area contributed by atoms with Gasteiger partial charge in [-0.15, -0.1) is 11.3 Å². The number of hydrogen-bond donors (Lipinski definition) is 1. The molecule has 0 aliphatic heterocycles. The van der Waals surface area contributed by atoms with Crippen LogP contribution in [0.3, 0.4) is 0 Å². The Kier molecular flexibility index (Phi) is 7.20. The van der Waals surface area contributed by atoms with Crippen LogP contribution in [0.4, 0.5) is 0 Å². The summed E-state index contributed by atoms with van der Waals surface area (Å²) in [7, 11) is 1.72. The molecule has 0 bridgehead atoms. The molecule has 21 heavy (non-hydrogen) atoms. The van der Waals surface area contributed by atoms with Crippen LogP contribution in [0.5, 0.6) is 0 Å². The lowest BCUT2D eigenvalue weighted by Crippen LogP contribution is -2.26. The third kappa shape index (κ3) is 5.72. The highest BCUT2D eigenvalue weighted by molar-refractivity contribution is 9.10. The SMILES string of the molecule is COCCNCC(Cc1cc(Br)cs1)c1ccc(Cl)cc1. The van der Waals surface area contributed by atoms with E-state index in [2.05, 4.69) is 44.8 Å². The van der Waals surface area contributed by atoms with E-state index < -0.39 is 0 Å². The van der Waals surface area contributed by atoms with Crippen molar-refractivity contribution in [3.05, 3.63) is 55.6 Å². The molecule has 1 aromatic carbocycles. The minimum Gasteiger partial charge on any atom is -0.383 e. The highest BCUT2D eigenvalue weighted by Gasteiger charge is 2.13. The summed E-state index contributed by atoms with van der Waals surface area (Å²) >= 11 is 11.3. The van der Waals surface area contributed by atoms with Crippen LogP contribution in [0.15, 0.2) is 40.2 Å². The topological polar surface area (TPSA) is 21.3 Å². The fourth-order valence-corrected chi connectivity index (χ4v) is 3.86. The molecule has 1 heterocycles. The van der Waals surface area contributed by atoms with Crippen molar-refractivity contribution in [3.63, 3.8) is 0 Å². The van der Waals surface area contributed by atoms with Crippen molar-refractivity contribution < 1.29 is 4.74 Å². The van der Waals surface area contributed by atoms with E-state index in [1.165, 1.54) is 10.4 Å². The molecular weight excluding hydrogens is 370 g/mol. The molecule has 0 saturated carbocycles. The number of rotatable bonds is 8. The Bertz CT molecular complexity index is 543. The number of thiophene rings is 1. The summed E-state index contributed by atoms with van der Waals surface area (Å²) in [5.74, 6) is 0.435. The van der Waals surface area contributed by atoms with Gasteiger partial charge in [0.05, 0.1) is 6.61 Å². The number of nitrogens with one attached hydrogen (secondary N) is 1. The molecule has 2 rings (SSSR count). The Labute approximate surface area is 143 Å². The molecule has 0 spiro atoms. The van der Waals surface area contributed by atoms with Gasteiger partial charge in [0.2, 0.25) is 0 Å². The molecule has 5 heteroatoms. The molecule has 114 valence electrons. The van der Waals surface area contributed by atoms with Crippen LogP contribution in [0.25, 0.3) is 0 Å². The zero-order chi connectivity index (χ0) is 15.1. The second kappa shape index (κ2) is 8.91. The average molecular weight is 389 g/mol. The van der Waals surface area contributed by atoms with Crippen molar-refractivity contribution in [2.75, 3.05) is 26.8 Å². The summed E-state index contributed by atoms with van der Waals surface area (Å²) in [6.45, 7) is 2.53. The molecule has 0 aliphatic rings. The van der Waals surface area contributed by atoms with Crippen molar-refractivity contribution in [3.8, 4) is 0 Å². The minimum absolute atomic E-state index is 0.435. The number of hydrogen-bond acceptors (Lipinski definition) is 3. The van der Waals surface area contributed by atoms with Crippen molar-refractivity contribution in [1.82, 2.24) is 5.32 Å². The zero-order valence-electron chi connectivity index (χ0n) is 11.9. The van der Waals surface area contributed by atoms with Gasteiger partial charge in [0.25, 0.3) is 0 Å². The lowest BCUT2D eigenvalue weighted by molar-refractivity contribution is 0.199. The predicted molar refractivity (Wildman–Crippen MR) is 94.7 cm³/mol. The highest BCUT2D eigenvalue weighted by atomic mass is 79.9. The van der Waals surface area contributed by atoms with Gasteiger partial charge in [-0.2, -0.15) is 0 Å². The summed E-state index contributed by atoms with van der Waals surface area (Å²) in [4.78, 5) is 1.38. The van der Waals surface area contributed by atoms with E-state index in [0.717, 1.165) is 35.6 Å². The second-order valence-corrected chi connectivity index (χ2v) is 7.23. The first kappa shape index (κ1) is 17.0. The third-order valence-corrected chi connectivity index (χ3v) is 5.26. The van der Waals surface area contributed by atoms with Crippen LogP contribution in [0, 0.1) is 0 Å². The van der Waals surface area contributed by atoms with Crippen molar-refractivity contribution in [2.45, 2.75) is 12.3 Å². The van der Waals surface area contributed by atoms with Crippen molar-refractivity contribution in [2.24, 2.45) is 0 Å². The summed E-state index contributed by atoms with van der Waals surface area (Å²) in [6.07, 6.45) is 1.03. The predicted octanol–water partition coefficient (Wildman–Crippen LogP) is 4.73. The number of ether oxygens (including phenoxy) is 1. The van der Waals surface area contributed by atoms with Gasteiger partial charge in [-0.3, -0.25) is 0 Å². The fourth-order valence-electron chi connectivity index (χ4n) is 2.20. The van der Waals surface area contributed by atoms with Crippen LogP contribution in [0.1, 0.15) is 16.4 Å². The molecule has 0 amide bonds. The molecule has 0 radical (unpaired) electrons. The molecular formula is C16H19BrClNOS. The Morgan fingerprint density at radius 3 is 2.71 bits per heavy atom. The Morgan fingerprint density at radius 1 is 1.33 bits per heavy atom. The molecule has 2 aromatic rings. The maximum absolute atomic E-state index is 5.99. The van der Waals surface area contributed by atoms with E-state index in [1.54, 1.807) is 18.4 Å². The van der Waals surface area contributed by atoms with Crippen molar-refractivity contribution in [1.29, 1.82) is 0 Å². The minimum atomic E-state index is 0.435. The first-order chi connectivity index (χ1) is 10.2. The summed E-state index contributed by atoms with van der Waals surface area (Å²) in [5.41, 5.74) is 1.31. The van der Waals surface area contributed by atoms with Gasteiger partial charge < -0.3 is 10.1 Å². The van der Waals surface area contributed by atoms with E-state index in [9.17, 15) is 0 Å². The first-order valence-electron chi connectivity index (χ1n) is 6.87. The maximum atomic E-state index is 5.99. The average Bonchev–Trinajstić information content (AvgIpc) is 2.88. The molecule has 1 N–H and O–H groups in total. The molecule has 2 nitrogen and oxygen atoms in total. The Hall–Kier alpha value is -0.390. The molecule has 0 saturated heterocycles. The lowest BCUT2D eigenvalue weighted by Gasteiger charge is -2.17. The van der Waals surface area contributed by atoms with Gasteiger partial charge in [-0.1, -0.05) is 23.7 Å². The van der Waals surface area contributed by atoms with Gasteiger partial charge in [-0.25, -0.2) is 0 Å². The third-order valence-electron chi connectivity index (χ3n) is 3.28. The molecule has 1 atom stereocenters. The van der Waals surface area contributed by atoms with Gasteiger partial charge in [0.1, 0.15) is 0 Å². The van der Waals surface area contributed by atoms with Crippen LogP contribution in [0.2, 0.25) is 5.02 Å². The largest absolute Gasteiger partial charge is 0.383 e. The summed E-state index contributed by atoms with van der Waals surface area (Å²) in [6, 6.07) is 10.4. The molecule has 0 fully saturated rings. The second-order valence-electron chi connectivity index (χ2n) is 4.88. The van der Waals surface area contributed by atoms with E-state index in [1.807, 2.05) is 12.1 Å². The smallest absolute Gasteiger partial charge is 0.0587 e. The standard InChI is InChI=1S/C16H19BrClNOS/c1-20-7-6-19-10-13(8-16-9-14(17)11-21-16)12-2-4-15(18)5-3-12/h2-5,9,11,13,19H,6-8,10H2,1H3. The quantitative estimate of drug-likeness (QED) is 0.660. The van der Waals surface area contributed by atoms with Crippen LogP contribution < -0.4 is 5.32 Å². The number of benzene rings is 1. The zero-order valence-corrected chi connectivity index (χ0v) is 15.1. The normalized spacial score (nSPS) is 12.5. The summed E-state index contributed by atoms with van der Waals surface area (Å²) < 4.78 is 6.24. The lowest BCUT2D eigenvalue weighted by atomic mass is 9.95. The molecule has 0 aliphatic carbocycles. The molecule has 1 aromatic heterocycles. The van der Waals surface area contributed by atoms with Gasteiger partial charge in [0, 0.05) is 45.9 Å². The molecule has 1 unspecified atom stereocenters. The van der Waals surface area contributed by atoms with Crippen LogP contribution >= 0.6 is 38.9 Å². The maximum Gasteiger partial charge on any atom is 0.0587 e. The van der Waals surface area contributed by atoms with E-state index in [4.69, 9.17) is 16.3 Å². The Morgan fingerprint density at radius 2 is 2.10 bits per heavy atom. The van der Waals surface area contributed by atoms with Gasteiger partial charge in [-0.05, 0) is 46.1 Å². The van der Waals surface area contributed by atoms with Gasteiger partial charge >= 0.3 is 0 Å².